The Kier molecular flexibility index (Phi) is 8.77. The number of phenolic OH excluding ortho intramolecular Hbond substituents is 1. The first kappa shape index (κ1) is 34.6. The number of pyridine rings is 1. The van der Waals surface area contributed by atoms with E-state index in [4.69, 9.17) is 16.1 Å². The maximum absolute atomic E-state index is 13.6. The number of aromatic hydroxyl groups is 1. The first-order valence-electron chi connectivity index (χ1n) is 19.1. The highest BCUT2D eigenvalue weighted by molar-refractivity contribution is 6.49. The summed E-state index contributed by atoms with van der Waals surface area (Å²) in [6, 6.07) is 21.1. The van der Waals surface area contributed by atoms with Crippen molar-refractivity contribution in [3.05, 3.63) is 108 Å². The van der Waals surface area contributed by atoms with Crippen molar-refractivity contribution in [2.24, 2.45) is 5.73 Å². The molecular formula is C43H43N8O4+. The van der Waals surface area contributed by atoms with Crippen molar-refractivity contribution < 1.29 is 24.1 Å². The lowest BCUT2D eigenvalue weighted by atomic mass is 9.88. The first-order valence-corrected chi connectivity index (χ1v) is 19.1. The molecule has 0 radical (unpaired) electrons. The van der Waals surface area contributed by atoms with E-state index in [0.717, 1.165) is 74.1 Å². The summed E-state index contributed by atoms with van der Waals surface area (Å²) >= 11 is 0. The van der Waals surface area contributed by atoms with Gasteiger partial charge in [-0.25, -0.2) is 0 Å². The number of carbonyl (C=O) groups excluding carboxylic acids is 3. The maximum Gasteiger partial charge on any atom is 0.259 e. The number of amides is 3. The Morgan fingerprint density at radius 3 is 2.40 bits per heavy atom. The van der Waals surface area contributed by atoms with Crippen LogP contribution < -0.4 is 20.9 Å². The Balaban J connectivity index is 0.834. The zero-order valence-corrected chi connectivity index (χ0v) is 30.4. The summed E-state index contributed by atoms with van der Waals surface area (Å²) in [5.74, 6) is -0.359. The third kappa shape index (κ3) is 6.16. The summed E-state index contributed by atoms with van der Waals surface area (Å²) < 4.78 is 1.96. The van der Waals surface area contributed by atoms with E-state index in [-0.39, 0.29) is 24.0 Å². The molecule has 1 atom stereocenters. The maximum atomic E-state index is 13.6. The number of allylic oxidation sites excluding steroid dienone is 2. The van der Waals surface area contributed by atoms with E-state index in [0.29, 0.717) is 52.3 Å². The topological polar surface area (TPSA) is 159 Å². The molecule has 0 aliphatic carbocycles. The van der Waals surface area contributed by atoms with Crippen LogP contribution in [0, 0.1) is 5.41 Å². The zero-order valence-electron chi connectivity index (χ0n) is 30.4. The highest BCUT2D eigenvalue weighted by Gasteiger charge is 2.42. The van der Waals surface area contributed by atoms with Gasteiger partial charge in [0.2, 0.25) is 23.2 Å². The van der Waals surface area contributed by atoms with Gasteiger partial charge in [0.05, 0.1) is 22.5 Å². The molecule has 3 fully saturated rings. The molecule has 5 N–H and O–H groups in total. The summed E-state index contributed by atoms with van der Waals surface area (Å²) in [7, 11) is 0. The van der Waals surface area contributed by atoms with Gasteiger partial charge in [0.25, 0.3) is 5.91 Å². The fraction of sp³-hybridized carbons (Fsp3) is 0.302. The van der Waals surface area contributed by atoms with Gasteiger partial charge < -0.3 is 20.6 Å². The highest BCUT2D eigenvalue weighted by atomic mass is 16.3. The molecular weight excluding hydrogens is 693 g/mol. The number of hydrogen-bond donors (Lipinski definition) is 4. The second-order valence-corrected chi connectivity index (χ2v) is 15.0. The van der Waals surface area contributed by atoms with Gasteiger partial charge in [-0.15, -0.1) is 0 Å². The van der Waals surface area contributed by atoms with Crippen molar-refractivity contribution >= 4 is 62.8 Å². The normalized spacial score (nSPS) is 21.4. The second-order valence-electron chi connectivity index (χ2n) is 15.0. The molecule has 1 aromatic heterocycles. The predicted molar refractivity (Wildman–Crippen MR) is 212 cm³/mol. The van der Waals surface area contributed by atoms with Gasteiger partial charge in [-0.3, -0.25) is 35.0 Å². The van der Waals surface area contributed by atoms with Crippen molar-refractivity contribution in [2.45, 2.75) is 56.5 Å². The quantitative estimate of drug-likeness (QED) is 0.149. The monoisotopic (exact) mass is 735 g/mol. The van der Waals surface area contributed by atoms with Crippen LogP contribution in [0.4, 0.5) is 17.1 Å². The minimum absolute atomic E-state index is 0.106. The fourth-order valence-corrected chi connectivity index (χ4v) is 9.08. The molecule has 5 aliphatic rings. The molecule has 0 spiro atoms. The fourth-order valence-electron chi connectivity index (χ4n) is 9.08. The number of likely N-dealkylation sites (tertiary alicyclic amines) is 1. The van der Waals surface area contributed by atoms with E-state index in [1.165, 1.54) is 5.56 Å². The molecule has 6 heterocycles. The van der Waals surface area contributed by atoms with E-state index in [9.17, 15) is 19.5 Å². The molecule has 3 amide bonds. The van der Waals surface area contributed by atoms with Crippen LogP contribution in [-0.4, -0.2) is 87.0 Å². The number of benzene rings is 3. The molecule has 12 heteroatoms. The van der Waals surface area contributed by atoms with Gasteiger partial charge in [0.1, 0.15) is 17.5 Å². The highest BCUT2D eigenvalue weighted by Crippen LogP contribution is 2.43. The van der Waals surface area contributed by atoms with Gasteiger partial charge in [-0.05, 0) is 87.0 Å². The Bertz CT molecular complexity index is 2350. The number of nitrogens with one attached hydrogen (secondary N) is 2. The summed E-state index contributed by atoms with van der Waals surface area (Å²) in [4.78, 5) is 49.5. The van der Waals surface area contributed by atoms with Crippen molar-refractivity contribution in [2.75, 3.05) is 36.0 Å². The Labute approximate surface area is 318 Å². The number of imide groups is 1. The van der Waals surface area contributed by atoms with Crippen molar-refractivity contribution in [1.29, 1.82) is 5.41 Å². The molecule has 3 aromatic carbocycles. The SMILES string of the molecule is N=C1C=C[N+](c2ccc(C3CCN(C4CCN(c5ccc6c7c(ccnc57)C(=O)N6C5CCC(=O)NC5=O)CC4)CC3)cc2)=C1/C=C(\N)c1ccccc1O. The number of hydrogen-bond acceptors (Lipinski definition) is 9. The summed E-state index contributed by atoms with van der Waals surface area (Å²) in [5, 5.41) is 21.9. The lowest BCUT2D eigenvalue weighted by Crippen LogP contribution is -2.53. The predicted octanol–water partition coefficient (Wildman–Crippen LogP) is 5.19. The molecule has 3 saturated heterocycles. The van der Waals surface area contributed by atoms with Crippen LogP contribution in [0.15, 0.2) is 91.3 Å². The number of para-hydroxylation sites is 1. The van der Waals surface area contributed by atoms with Crippen LogP contribution in [0.2, 0.25) is 0 Å². The summed E-state index contributed by atoms with van der Waals surface area (Å²) in [6.45, 7) is 3.90. The van der Waals surface area contributed by atoms with E-state index < -0.39 is 11.9 Å². The molecule has 55 heavy (non-hydrogen) atoms. The van der Waals surface area contributed by atoms with Gasteiger partial charge >= 0.3 is 0 Å². The largest absolute Gasteiger partial charge is 0.507 e. The molecule has 12 nitrogen and oxygen atoms in total. The van der Waals surface area contributed by atoms with Gasteiger partial charge in [-0.2, -0.15) is 4.58 Å². The number of carbonyl (C=O) groups is 3. The zero-order chi connectivity index (χ0) is 37.8. The van der Waals surface area contributed by atoms with E-state index in [1.807, 2.05) is 29.0 Å². The Morgan fingerprint density at radius 2 is 1.65 bits per heavy atom. The van der Waals surface area contributed by atoms with E-state index >= 15 is 0 Å². The third-order valence-electron chi connectivity index (χ3n) is 12.0. The lowest BCUT2D eigenvalue weighted by molar-refractivity contribution is -0.354. The van der Waals surface area contributed by atoms with Crippen molar-refractivity contribution in [3.63, 3.8) is 0 Å². The number of nitrogens with zero attached hydrogens (tertiary/aromatic N) is 5. The van der Waals surface area contributed by atoms with E-state index in [2.05, 4.69) is 39.4 Å². The number of nitrogens with two attached hydrogens (primary N) is 1. The Morgan fingerprint density at radius 1 is 0.909 bits per heavy atom. The lowest BCUT2D eigenvalue weighted by Gasteiger charge is -2.42. The molecule has 278 valence electrons. The van der Waals surface area contributed by atoms with Gasteiger partial charge in [0.15, 0.2) is 6.20 Å². The second kappa shape index (κ2) is 13.9. The third-order valence-corrected chi connectivity index (χ3v) is 12.0. The van der Waals surface area contributed by atoms with Crippen molar-refractivity contribution in [3.8, 4) is 5.75 Å². The van der Waals surface area contributed by atoms with Crippen LogP contribution in [0.25, 0.3) is 16.6 Å². The van der Waals surface area contributed by atoms with Gasteiger partial charge in [-0.1, -0.05) is 24.3 Å². The number of piperidine rings is 3. The van der Waals surface area contributed by atoms with Crippen molar-refractivity contribution in [1.82, 2.24) is 15.2 Å². The summed E-state index contributed by atoms with van der Waals surface area (Å²) in [6.07, 6.45) is 11.9. The minimum atomic E-state index is -0.715. The van der Waals surface area contributed by atoms with Gasteiger partial charge in [0, 0.05) is 72.7 Å². The Hall–Kier alpha value is -6.14. The van der Waals surface area contributed by atoms with Crippen LogP contribution in [-0.2, 0) is 9.59 Å². The number of anilines is 2. The van der Waals surface area contributed by atoms with Crippen LogP contribution in [0.1, 0.15) is 65.9 Å². The standard InChI is InChI=1S/C43H42N8O4/c44-32-18-24-50(37(32)25-33(45)30-3-1-2-4-38(30)52)29-7-5-26(6-8-29)27-14-20-48(21-15-27)28-16-22-49(23-17-28)35-10-9-34-40-31(13-19-46-41(35)40)43(55)51(34)36-11-12-39(53)47-42(36)54/h1-10,13,18-19,24-25,27-28,36,44H,11-12,14-17,20-23H2,(H3,45,47,52,53,54)/p+1. The number of rotatable bonds is 7. The molecule has 0 bridgehead atoms. The van der Waals surface area contributed by atoms with Crippen LogP contribution in [0.3, 0.4) is 0 Å². The minimum Gasteiger partial charge on any atom is -0.507 e. The number of phenols is 1. The van der Waals surface area contributed by atoms with Crippen LogP contribution >= 0.6 is 0 Å². The molecule has 9 rings (SSSR count). The smallest absolute Gasteiger partial charge is 0.259 e. The van der Waals surface area contributed by atoms with Crippen LogP contribution in [0.5, 0.6) is 5.75 Å². The average Bonchev–Trinajstić information content (AvgIpc) is 3.71. The van der Waals surface area contributed by atoms with E-state index in [1.54, 1.807) is 47.5 Å². The molecule has 1 unspecified atom stereocenters. The summed E-state index contributed by atoms with van der Waals surface area (Å²) in [5.41, 5.74) is 13.6. The molecule has 0 saturated carbocycles. The average molecular weight is 736 g/mol. The molecule has 5 aliphatic heterocycles. The first-order chi connectivity index (χ1) is 26.7. The molecule has 4 aromatic rings. The number of aromatic nitrogens is 1.